The van der Waals surface area contributed by atoms with E-state index in [1.165, 1.54) is 0 Å². The Bertz CT molecular complexity index is 318. The maximum absolute atomic E-state index is 12.2. The molecular formula is C18H36N2O2S. The lowest BCUT2D eigenvalue weighted by molar-refractivity contribution is -0.135. The molecule has 0 bridgehead atoms. The van der Waals surface area contributed by atoms with E-state index < -0.39 is 0 Å². The number of hydrogen-bond donors (Lipinski definition) is 0. The van der Waals surface area contributed by atoms with Crippen LogP contribution < -0.4 is 0 Å². The minimum atomic E-state index is 0.208. The molecule has 0 unspecified atom stereocenters. The third-order valence-corrected chi connectivity index (χ3v) is 4.71. The minimum absolute atomic E-state index is 0.208. The van der Waals surface area contributed by atoms with Gasteiger partial charge in [-0.25, -0.2) is 0 Å². The fourth-order valence-electron chi connectivity index (χ4n) is 3.02. The second-order valence-electron chi connectivity index (χ2n) is 7.09. The summed E-state index contributed by atoms with van der Waals surface area (Å²) in [5.74, 6) is 1.98. The van der Waals surface area contributed by atoms with Gasteiger partial charge >= 0.3 is 0 Å². The molecule has 0 N–H and O–H groups in total. The van der Waals surface area contributed by atoms with Crippen LogP contribution in [0.15, 0.2) is 0 Å². The van der Waals surface area contributed by atoms with E-state index >= 15 is 0 Å². The van der Waals surface area contributed by atoms with Gasteiger partial charge in [0, 0.05) is 48.5 Å². The topological polar surface area (TPSA) is 40.6 Å². The van der Waals surface area contributed by atoms with Gasteiger partial charge in [0.15, 0.2) is 0 Å². The SMILES string of the molecule is CC(C)N(C(=O)CCSCCC(=O)N(C(C)C)C(C)C)C(C)C. The van der Waals surface area contributed by atoms with E-state index in [1.807, 2.05) is 9.80 Å². The lowest BCUT2D eigenvalue weighted by Gasteiger charge is -2.31. The van der Waals surface area contributed by atoms with Crippen molar-refractivity contribution in [1.29, 1.82) is 0 Å². The normalized spacial score (nSPS) is 11.7. The summed E-state index contributed by atoms with van der Waals surface area (Å²) < 4.78 is 0. The third kappa shape index (κ3) is 8.09. The van der Waals surface area contributed by atoms with Gasteiger partial charge in [0.2, 0.25) is 11.8 Å². The van der Waals surface area contributed by atoms with Crippen LogP contribution in [0.2, 0.25) is 0 Å². The highest BCUT2D eigenvalue weighted by Crippen LogP contribution is 2.13. The lowest BCUT2D eigenvalue weighted by Crippen LogP contribution is -2.42. The van der Waals surface area contributed by atoms with E-state index in [0.29, 0.717) is 12.8 Å². The first-order valence-electron chi connectivity index (χ1n) is 8.79. The van der Waals surface area contributed by atoms with Crippen LogP contribution in [0.4, 0.5) is 0 Å². The molecule has 0 heterocycles. The summed E-state index contributed by atoms with van der Waals surface area (Å²) in [7, 11) is 0. The molecule has 0 saturated carbocycles. The van der Waals surface area contributed by atoms with Gasteiger partial charge in [-0.2, -0.15) is 11.8 Å². The molecule has 0 aromatic heterocycles. The molecule has 0 spiro atoms. The number of hydrogen-bond acceptors (Lipinski definition) is 3. The average molecular weight is 345 g/mol. The van der Waals surface area contributed by atoms with E-state index in [4.69, 9.17) is 0 Å². The zero-order valence-corrected chi connectivity index (χ0v) is 17.1. The zero-order chi connectivity index (χ0) is 18.2. The molecule has 0 saturated heterocycles. The van der Waals surface area contributed by atoms with Crippen molar-refractivity contribution in [3.05, 3.63) is 0 Å². The summed E-state index contributed by atoms with van der Waals surface area (Å²) in [5.41, 5.74) is 0. The summed E-state index contributed by atoms with van der Waals surface area (Å²) in [6.45, 7) is 16.4. The second-order valence-corrected chi connectivity index (χ2v) is 8.31. The van der Waals surface area contributed by atoms with Gasteiger partial charge < -0.3 is 9.80 Å². The van der Waals surface area contributed by atoms with E-state index in [-0.39, 0.29) is 36.0 Å². The number of rotatable bonds is 10. The molecule has 0 fully saturated rings. The van der Waals surface area contributed by atoms with Gasteiger partial charge in [0.25, 0.3) is 0 Å². The molecular weight excluding hydrogens is 308 g/mol. The van der Waals surface area contributed by atoms with Crippen molar-refractivity contribution in [2.75, 3.05) is 11.5 Å². The van der Waals surface area contributed by atoms with Crippen LogP contribution >= 0.6 is 11.8 Å². The molecule has 136 valence electrons. The Hall–Kier alpha value is -0.710. The standard InChI is InChI=1S/C18H36N2O2S/c1-13(2)19(14(3)4)17(21)9-11-23-12-10-18(22)20(15(5)6)16(7)8/h13-16H,9-12H2,1-8H3. The van der Waals surface area contributed by atoms with Gasteiger partial charge in [0.05, 0.1) is 0 Å². The van der Waals surface area contributed by atoms with E-state index in [9.17, 15) is 9.59 Å². The molecule has 5 heteroatoms. The molecule has 0 aliphatic carbocycles. The van der Waals surface area contributed by atoms with Crippen molar-refractivity contribution in [1.82, 2.24) is 9.80 Å². The van der Waals surface area contributed by atoms with Crippen LogP contribution in [-0.4, -0.2) is 57.3 Å². The summed E-state index contributed by atoms with van der Waals surface area (Å²) in [5, 5.41) is 0. The Balaban J connectivity index is 4.14. The molecule has 23 heavy (non-hydrogen) atoms. The number of carbonyl (C=O) groups is 2. The maximum Gasteiger partial charge on any atom is 0.223 e. The Labute approximate surface area is 147 Å². The summed E-state index contributed by atoms with van der Waals surface area (Å²) >= 11 is 1.70. The molecule has 0 aromatic rings. The van der Waals surface area contributed by atoms with Crippen LogP contribution in [0.3, 0.4) is 0 Å². The monoisotopic (exact) mass is 344 g/mol. The minimum Gasteiger partial charge on any atom is -0.338 e. The van der Waals surface area contributed by atoms with Crippen LogP contribution in [0, 0.1) is 0 Å². The van der Waals surface area contributed by atoms with Crippen LogP contribution in [-0.2, 0) is 9.59 Å². The lowest BCUT2D eigenvalue weighted by atomic mass is 10.2. The number of amides is 2. The fourth-order valence-corrected chi connectivity index (χ4v) is 3.87. The van der Waals surface area contributed by atoms with Crippen LogP contribution in [0.1, 0.15) is 68.2 Å². The molecule has 2 amide bonds. The molecule has 0 aliphatic heterocycles. The number of thioether (sulfide) groups is 1. The largest absolute Gasteiger partial charge is 0.338 e. The second kappa shape index (κ2) is 11.0. The quantitative estimate of drug-likeness (QED) is 0.566. The van der Waals surface area contributed by atoms with Crippen molar-refractivity contribution in [3.63, 3.8) is 0 Å². The third-order valence-electron chi connectivity index (χ3n) is 3.72. The van der Waals surface area contributed by atoms with Gasteiger partial charge in [0.1, 0.15) is 0 Å². The number of nitrogens with zero attached hydrogens (tertiary/aromatic N) is 2. The highest BCUT2D eigenvalue weighted by atomic mass is 32.2. The first-order valence-corrected chi connectivity index (χ1v) is 9.95. The van der Waals surface area contributed by atoms with Crippen molar-refractivity contribution in [2.24, 2.45) is 0 Å². The average Bonchev–Trinajstić information content (AvgIpc) is 2.36. The summed E-state index contributed by atoms with van der Waals surface area (Å²) in [6.07, 6.45) is 1.10. The molecule has 0 rings (SSSR count). The van der Waals surface area contributed by atoms with Crippen LogP contribution in [0.5, 0.6) is 0 Å². The predicted molar refractivity (Wildman–Crippen MR) is 101 cm³/mol. The Morgan fingerprint density at radius 1 is 0.652 bits per heavy atom. The fraction of sp³-hybridized carbons (Fsp3) is 0.889. The Morgan fingerprint density at radius 3 is 1.13 bits per heavy atom. The zero-order valence-electron chi connectivity index (χ0n) is 16.3. The van der Waals surface area contributed by atoms with E-state index in [0.717, 1.165) is 11.5 Å². The van der Waals surface area contributed by atoms with E-state index in [2.05, 4.69) is 55.4 Å². The van der Waals surface area contributed by atoms with Crippen molar-refractivity contribution in [3.8, 4) is 0 Å². The smallest absolute Gasteiger partial charge is 0.223 e. The first-order chi connectivity index (χ1) is 10.6. The molecule has 0 atom stereocenters. The van der Waals surface area contributed by atoms with Crippen molar-refractivity contribution < 1.29 is 9.59 Å². The van der Waals surface area contributed by atoms with Gasteiger partial charge in [-0.05, 0) is 55.4 Å². The molecule has 0 radical (unpaired) electrons. The summed E-state index contributed by atoms with van der Waals surface area (Å²) in [4.78, 5) is 28.4. The van der Waals surface area contributed by atoms with Gasteiger partial charge in [-0.3, -0.25) is 9.59 Å². The maximum atomic E-state index is 12.2. The predicted octanol–water partition coefficient (Wildman–Crippen LogP) is 3.79. The molecule has 0 aromatic carbocycles. The van der Waals surface area contributed by atoms with Crippen molar-refractivity contribution >= 4 is 23.6 Å². The Morgan fingerprint density at radius 2 is 0.913 bits per heavy atom. The highest BCUT2D eigenvalue weighted by molar-refractivity contribution is 7.99. The molecule has 0 aliphatic rings. The van der Waals surface area contributed by atoms with Crippen LogP contribution in [0.25, 0.3) is 0 Å². The summed E-state index contributed by atoms with van der Waals surface area (Å²) in [6, 6.07) is 0.943. The highest BCUT2D eigenvalue weighted by Gasteiger charge is 2.21. The molecule has 4 nitrogen and oxygen atoms in total. The van der Waals surface area contributed by atoms with Gasteiger partial charge in [-0.1, -0.05) is 0 Å². The Kier molecular flexibility index (Phi) is 10.6. The number of carbonyl (C=O) groups excluding carboxylic acids is 2. The van der Waals surface area contributed by atoms with E-state index in [1.54, 1.807) is 11.8 Å². The van der Waals surface area contributed by atoms with Gasteiger partial charge in [-0.15, -0.1) is 0 Å². The van der Waals surface area contributed by atoms with Crippen molar-refractivity contribution in [2.45, 2.75) is 92.4 Å². The first kappa shape index (κ1) is 22.3.